The lowest BCUT2D eigenvalue weighted by Crippen LogP contribution is -2.04. The summed E-state index contributed by atoms with van der Waals surface area (Å²) in [7, 11) is 0. The fourth-order valence-electron chi connectivity index (χ4n) is 2.08. The Morgan fingerprint density at radius 3 is 2.39 bits per heavy atom. The summed E-state index contributed by atoms with van der Waals surface area (Å²) in [6, 6.07) is 5.26. The lowest BCUT2D eigenvalue weighted by Gasteiger charge is -2.12. The molecule has 0 aliphatic heterocycles. The third-order valence-corrected chi connectivity index (χ3v) is 3.18. The lowest BCUT2D eigenvalue weighted by atomic mass is 9.97. The zero-order valence-corrected chi connectivity index (χ0v) is 10.1. The summed E-state index contributed by atoms with van der Waals surface area (Å²) in [6.07, 6.45) is -3.66. The largest absolute Gasteiger partial charge is 0.507 e. The van der Waals surface area contributed by atoms with Crippen LogP contribution >= 0.6 is 0 Å². The number of alkyl halides is 3. The SMILES string of the molecule is CCc1cc2ccc(C(F)(F)F)cc2c(O)c1C. The molecule has 2 rings (SSSR count). The maximum atomic E-state index is 12.6. The second-order valence-electron chi connectivity index (χ2n) is 4.30. The highest BCUT2D eigenvalue weighted by atomic mass is 19.4. The van der Waals surface area contributed by atoms with Gasteiger partial charge in [0.15, 0.2) is 0 Å². The summed E-state index contributed by atoms with van der Waals surface area (Å²) < 4.78 is 37.8. The van der Waals surface area contributed by atoms with E-state index in [4.69, 9.17) is 0 Å². The summed E-state index contributed by atoms with van der Waals surface area (Å²) in [5.74, 6) is -0.0598. The Kier molecular flexibility index (Phi) is 2.97. The lowest BCUT2D eigenvalue weighted by molar-refractivity contribution is -0.137. The highest BCUT2D eigenvalue weighted by Gasteiger charge is 2.30. The van der Waals surface area contributed by atoms with E-state index >= 15 is 0 Å². The van der Waals surface area contributed by atoms with Crippen LogP contribution in [0, 0.1) is 6.92 Å². The normalized spacial score (nSPS) is 12.1. The smallest absolute Gasteiger partial charge is 0.416 e. The predicted molar refractivity (Wildman–Crippen MR) is 64.7 cm³/mol. The van der Waals surface area contributed by atoms with E-state index in [1.807, 2.05) is 13.0 Å². The quantitative estimate of drug-likeness (QED) is 0.797. The van der Waals surface area contributed by atoms with Crippen LogP contribution in [0.3, 0.4) is 0 Å². The minimum absolute atomic E-state index is 0.0598. The molecule has 0 saturated carbocycles. The van der Waals surface area contributed by atoms with Crippen LogP contribution in [-0.2, 0) is 12.6 Å². The summed E-state index contributed by atoms with van der Waals surface area (Å²) in [5.41, 5.74) is 0.845. The molecule has 18 heavy (non-hydrogen) atoms. The van der Waals surface area contributed by atoms with Gasteiger partial charge in [-0.3, -0.25) is 0 Å². The molecule has 0 aliphatic carbocycles. The standard InChI is InChI=1S/C14H13F3O/c1-3-9-6-10-4-5-11(14(15,16)17)7-12(10)13(18)8(9)2/h4-7,18H,3H2,1-2H3. The van der Waals surface area contributed by atoms with Crippen molar-refractivity contribution >= 4 is 10.8 Å². The third kappa shape index (κ3) is 2.03. The fraction of sp³-hybridized carbons (Fsp3) is 0.286. The third-order valence-electron chi connectivity index (χ3n) is 3.18. The van der Waals surface area contributed by atoms with Crippen molar-refractivity contribution in [3.05, 3.63) is 41.0 Å². The van der Waals surface area contributed by atoms with Crippen molar-refractivity contribution in [2.45, 2.75) is 26.4 Å². The van der Waals surface area contributed by atoms with Crippen LogP contribution in [0.5, 0.6) is 5.75 Å². The van der Waals surface area contributed by atoms with E-state index in [0.717, 1.165) is 24.1 Å². The van der Waals surface area contributed by atoms with Crippen LogP contribution in [0.1, 0.15) is 23.6 Å². The molecule has 0 fully saturated rings. The first kappa shape index (κ1) is 12.7. The van der Waals surface area contributed by atoms with Gasteiger partial charge < -0.3 is 5.11 Å². The van der Waals surface area contributed by atoms with E-state index < -0.39 is 11.7 Å². The van der Waals surface area contributed by atoms with Gasteiger partial charge >= 0.3 is 6.18 Å². The highest BCUT2D eigenvalue weighted by Crippen LogP contribution is 2.36. The fourth-order valence-corrected chi connectivity index (χ4v) is 2.08. The molecule has 2 aromatic rings. The molecule has 0 bridgehead atoms. The van der Waals surface area contributed by atoms with Crippen molar-refractivity contribution in [1.82, 2.24) is 0 Å². The number of hydrogen-bond donors (Lipinski definition) is 1. The van der Waals surface area contributed by atoms with E-state index in [1.54, 1.807) is 6.92 Å². The number of rotatable bonds is 1. The van der Waals surface area contributed by atoms with Gasteiger partial charge in [0.1, 0.15) is 5.75 Å². The highest BCUT2D eigenvalue weighted by molar-refractivity contribution is 5.90. The van der Waals surface area contributed by atoms with Crippen LogP contribution in [0.2, 0.25) is 0 Å². The summed E-state index contributed by atoms with van der Waals surface area (Å²) in [6.45, 7) is 3.66. The number of benzene rings is 2. The average molecular weight is 254 g/mol. The minimum Gasteiger partial charge on any atom is -0.507 e. The Balaban J connectivity index is 2.75. The number of hydrogen-bond acceptors (Lipinski definition) is 1. The zero-order valence-electron chi connectivity index (χ0n) is 10.1. The van der Waals surface area contributed by atoms with Crippen molar-refractivity contribution < 1.29 is 18.3 Å². The van der Waals surface area contributed by atoms with Gasteiger partial charge in [0.25, 0.3) is 0 Å². The number of halogens is 3. The molecule has 2 aromatic carbocycles. The zero-order chi connectivity index (χ0) is 13.5. The first-order chi connectivity index (χ1) is 8.34. The molecule has 0 saturated heterocycles. The molecular formula is C14H13F3O. The van der Waals surface area contributed by atoms with Gasteiger partial charge in [0.05, 0.1) is 5.56 Å². The van der Waals surface area contributed by atoms with Gasteiger partial charge in [-0.25, -0.2) is 0 Å². The molecule has 0 aromatic heterocycles. The van der Waals surface area contributed by atoms with Crippen molar-refractivity contribution in [2.75, 3.05) is 0 Å². The Morgan fingerprint density at radius 2 is 1.83 bits per heavy atom. The molecule has 0 spiro atoms. The second kappa shape index (κ2) is 4.19. The molecule has 0 atom stereocenters. The summed E-state index contributed by atoms with van der Waals surface area (Å²) in [4.78, 5) is 0. The van der Waals surface area contributed by atoms with E-state index in [-0.39, 0.29) is 11.1 Å². The van der Waals surface area contributed by atoms with Crippen LogP contribution in [-0.4, -0.2) is 5.11 Å². The molecule has 0 heterocycles. The Morgan fingerprint density at radius 1 is 1.17 bits per heavy atom. The van der Waals surface area contributed by atoms with E-state index in [9.17, 15) is 18.3 Å². The number of aromatic hydroxyl groups is 1. The van der Waals surface area contributed by atoms with Gasteiger partial charge in [-0.05, 0) is 42.0 Å². The molecule has 0 amide bonds. The van der Waals surface area contributed by atoms with Crippen LogP contribution in [0.15, 0.2) is 24.3 Å². The van der Waals surface area contributed by atoms with Crippen molar-refractivity contribution in [3.63, 3.8) is 0 Å². The number of phenols is 1. The van der Waals surface area contributed by atoms with Gasteiger partial charge in [-0.15, -0.1) is 0 Å². The topological polar surface area (TPSA) is 20.2 Å². The van der Waals surface area contributed by atoms with E-state index in [0.29, 0.717) is 10.9 Å². The molecule has 4 heteroatoms. The van der Waals surface area contributed by atoms with Crippen molar-refractivity contribution in [1.29, 1.82) is 0 Å². The first-order valence-electron chi connectivity index (χ1n) is 5.67. The maximum Gasteiger partial charge on any atom is 0.416 e. The molecular weight excluding hydrogens is 241 g/mol. The number of phenolic OH excluding ortho intramolecular Hbond substituents is 1. The Hall–Kier alpha value is -1.71. The summed E-state index contributed by atoms with van der Waals surface area (Å²) >= 11 is 0. The van der Waals surface area contributed by atoms with Crippen LogP contribution in [0.4, 0.5) is 13.2 Å². The second-order valence-corrected chi connectivity index (χ2v) is 4.30. The molecule has 1 nitrogen and oxygen atoms in total. The molecule has 0 aliphatic rings. The Labute approximate surface area is 103 Å². The average Bonchev–Trinajstić information content (AvgIpc) is 2.32. The number of aryl methyl sites for hydroxylation is 1. The van der Waals surface area contributed by atoms with Gasteiger partial charge in [0.2, 0.25) is 0 Å². The van der Waals surface area contributed by atoms with E-state index in [1.165, 1.54) is 6.07 Å². The maximum absolute atomic E-state index is 12.6. The van der Waals surface area contributed by atoms with Crippen molar-refractivity contribution in [2.24, 2.45) is 0 Å². The molecule has 1 N–H and O–H groups in total. The monoisotopic (exact) mass is 254 g/mol. The van der Waals surface area contributed by atoms with Crippen LogP contribution in [0.25, 0.3) is 10.8 Å². The molecule has 0 unspecified atom stereocenters. The first-order valence-corrected chi connectivity index (χ1v) is 5.67. The molecule has 96 valence electrons. The van der Waals surface area contributed by atoms with Gasteiger partial charge in [-0.1, -0.05) is 19.1 Å². The van der Waals surface area contributed by atoms with E-state index in [2.05, 4.69) is 0 Å². The van der Waals surface area contributed by atoms with Gasteiger partial charge in [-0.2, -0.15) is 13.2 Å². The number of fused-ring (bicyclic) bond motifs is 1. The molecule has 0 radical (unpaired) electrons. The predicted octanol–water partition coefficient (Wildman–Crippen LogP) is 4.44. The van der Waals surface area contributed by atoms with Crippen molar-refractivity contribution in [3.8, 4) is 5.75 Å². The summed E-state index contributed by atoms with van der Waals surface area (Å²) in [5, 5.41) is 10.9. The van der Waals surface area contributed by atoms with Crippen LogP contribution < -0.4 is 0 Å². The minimum atomic E-state index is -4.39. The van der Waals surface area contributed by atoms with Gasteiger partial charge in [0, 0.05) is 5.39 Å². The Bertz CT molecular complexity index is 600.